The molecule has 0 radical (unpaired) electrons. The van der Waals surface area contributed by atoms with Crippen LogP contribution in [0.4, 0.5) is 11.4 Å². The predicted octanol–water partition coefficient (Wildman–Crippen LogP) is 7.78. The number of thioether (sulfide) groups is 2. The number of esters is 2. The molecule has 56 heavy (non-hydrogen) atoms. The molecule has 0 spiro atoms. The lowest BCUT2D eigenvalue weighted by Gasteiger charge is -2.29. The fourth-order valence-corrected chi connectivity index (χ4v) is 9.61. The first-order valence-electron chi connectivity index (χ1n) is 18.3. The largest absolute Gasteiger partial charge is 0.442 e. The fourth-order valence-electron chi connectivity index (χ4n) is 6.68. The van der Waals surface area contributed by atoms with Crippen molar-refractivity contribution in [1.29, 1.82) is 0 Å². The van der Waals surface area contributed by atoms with Crippen LogP contribution in [0.2, 0.25) is 10.0 Å². The highest BCUT2D eigenvalue weighted by Crippen LogP contribution is 2.49. The summed E-state index contributed by atoms with van der Waals surface area (Å²) in [6.07, 6.45) is -1.61. The Bertz CT molecular complexity index is 1900. The number of hydrogen-bond acceptors (Lipinski definition) is 10. The van der Waals surface area contributed by atoms with Gasteiger partial charge in [-0.05, 0) is 102 Å². The van der Waals surface area contributed by atoms with E-state index in [0.29, 0.717) is 60.4 Å². The lowest BCUT2D eigenvalue weighted by atomic mass is 10.1. The Morgan fingerprint density at radius 3 is 1.34 bits per heavy atom. The van der Waals surface area contributed by atoms with Gasteiger partial charge in [-0.1, -0.05) is 83.9 Å². The van der Waals surface area contributed by atoms with Gasteiger partial charge in [0.2, 0.25) is 0 Å². The van der Waals surface area contributed by atoms with Crippen molar-refractivity contribution in [3.05, 3.63) is 118 Å². The molecule has 4 atom stereocenters. The van der Waals surface area contributed by atoms with Crippen molar-refractivity contribution in [2.24, 2.45) is 0 Å². The number of hydrogen-bond donors (Lipinski definition) is 0. The number of halogens is 2. The van der Waals surface area contributed by atoms with Crippen LogP contribution in [0.5, 0.6) is 0 Å². The van der Waals surface area contributed by atoms with E-state index in [-0.39, 0.29) is 0 Å². The third kappa shape index (κ3) is 9.90. The quantitative estimate of drug-likeness (QED) is 0.104. The number of rotatable bonds is 12. The lowest BCUT2D eigenvalue weighted by Crippen LogP contribution is -2.47. The van der Waals surface area contributed by atoms with E-state index >= 15 is 0 Å². The summed E-state index contributed by atoms with van der Waals surface area (Å²) in [6.45, 7) is 2.02. The second kappa shape index (κ2) is 18.9. The standard InChI is InChI=1S/C42H44Cl2N4O6S2/c1-45(2)21-11-23-47-31-25-29(43)17-19-33(31)55-37(27-13-7-5-8-14-27)35(39(47)49)53-41(51)42(52)54-36-38(28-15-9-6-10-16-28)56-34-20-18-30(44)26-32(34)48(40(36)50)24-12-22-46(3)4/h5-10,13-20,25-26,35-38H,11-12,21-24H2,1-4H3. The zero-order valence-corrected chi connectivity index (χ0v) is 34.7. The van der Waals surface area contributed by atoms with Gasteiger partial charge in [0.05, 0.1) is 21.9 Å². The van der Waals surface area contributed by atoms with Crippen molar-refractivity contribution in [2.75, 3.05) is 64.2 Å². The molecule has 2 aliphatic rings. The zero-order chi connectivity index (χ0) is 39.9. The minimum atomic E-state index is -1.42. The number of ether oxygens (including phenoxy) is 2. The van der Waals surface area contributed by atoms with Crippen LogP contribution in [-0.2, 0) is 28.7 Å². The maximum atomic E-state index is 14.7. The van der Waals surface area contributed by atoms with Crippen LogP contribution in [0.25, 0.3) is 0 Å². The molecular formula is C42H44Cl2N4O6S2. The number of carbonyl (C=O) groups is 4. The molecule has 2 aliphatic heterocycles. The van der Waals surface area contributed by atoms with Gasteiger partial charge in [-0.15, -0.1) is 23.5 Å². The first-order chi connectivity index (χ1) is 26.9. The molecule has 4 unspecified atom stereocenters. The van der Waals surface area contributed by atoms with Crippen LogP contribution in [0.1, 0.15) is 34.5 Å². The highest BCUT2D eigenvalue weighted by atomic mass is 35.5. The average Bonchev–Trinajstić information content (AvgIpc) is 3.36. The van der Waals surface area contributed by atoms with Gasteiger partial charge in [0, 0.05) is 32.9 Å². The molecular weight excluding hydrogens is 792 g/mol. The van der Waals surface area contributed by atoms with Crippen molar-refractivity contribution in [3.63, 3.8) is 0 Å². The Balaban J connectivity index is 1.34. The number of anilines is 2. The molecule has 14 heteroatoms. The molecule has 2 amide bonds. The van der Waals surface area contributed by atoms with Crippen LogP contribution in [0.15, 0.2) is 107 Å². The first kappa shape index (κ1) is 41.6. The summed E-state index contributed by atoms with van der Waals surface area (Å²) in [6, 6.07) is 29.1. The molecule has 2 heterocycles. The first-order valence-corrected chi connectivity index (χ1v) is 20.8. The minimum Gasteiger partial charge on any atom is -0.442 e. The molecule has 0 saturated carbocycles. The lowest BCUT2D eigenvalue weighted by molar-refractivity contribution is -0.176. The number of nitrogens with zero attached hydrogens (tertiary/aromatic N) is 4. The van der Waals surface area contributed by atoms with E-state index in [0.717, 1.165) is 20.9 Å². The SMILES string of the molecule is CN(C)CCCN1C(=O)C(OC(=O)C(=O)OC2C(=O)N(CCCN(C)C)c3cc(Cl)ccc3SC2c2ccccc2)C(c2ccccc2)Sc2ccc(Cl)cc21. The van der Waals surface area contributed by atoms with Gasteiger partial charge >= 0.3 is 11.9 Å². The number of amides is 2. The van der Waals surface area contributed by atoms with E-state index in [9.17, 15) is 19.2 Å². The fraction of sp³-hybridized carbons (Fsp3) is 0.333. The summed E-state index contributed by atoms with van der Waals surface area (Å²) in [5.41, 5.74) is 2.62. The van der Waals surface area contributed by atoms with Crippen molar-refractivity contribution in [1.82, 2.24) is 9.80 Å². The van der Waals surface area contributed by atoms with E-state index in [1.165, 1.54) is 23.5 Å². The predicted molar refractivity (Wildman–Crippen MR) is 224 cm³/mol. The Hall–Kier alpha value is -4.04. The summed E-state index contributed by atoms with van der Waals surface area (Å²) in [4.78, 5) is 66.1. The van der Waals surface area contributed by atoms with Gasteiger partial charge in [-0.3, -0.25) is 9.59 Å². The van der Waals surface area contributed by atoms with Gasteiger partial charge in [0.25, 0.3) is 11.8 Å². The maximum absolute atomic E-state index is 14.7. The second-order valence-corrected chi connectivity index (χ2v) is 17.3. The van der Waals surface area contributed by atoms with E-state index < -0.39 is 46.5 Å². The van der Waals surface area contributed by atoms with E-state index in [2.05, 4.69) is 0 Å². The smallest absolute Gasteiger partial charge is 0.418 e. The molecule has 0 bridgehead atoms. The van der Waals surface area contributed by atoms with Crippen molar-refractivity contribution >= 4 is 81.9 Å². The Labute approximate surface area is 346 Å². The van der Waals surface area contributed by atoms with Gasteiger partial charge < -0.3 is 29.1 Å². The summed E-state index contributed by atoms with van der Waals surface area (Å²) < 4.78 is 11.9. The summed E-state index contributed by atoms with van der Waals surface area (Å²) in [5, 5.41) is -0.552. The molecule has 6 rings (SSSR count). The Kier molecular flexibility index (Phi) is 14.1. The third-order valence-corrected chi connectivity index (χ3v) is 12.6. The molecule has 0 saturated heterocycles. The van der Waals surface area contributed by atoms with E-state index in [4.69, 9.17) is 32.7 Å². The van der Waals surface area contributed by atoms with Crippen LogP contribution in [0, 0.1) is 0 Å². The highest BCUT2D eigenvalue weighted by Gasteiger charge is 2.45. The second-order valence-electron chi connectivity index (χ2n) is 14.1. The molecule has 0 aliphatic carbocycles. The van der Waals surface area contributed by atoms with Crippen molar-refractivity contribution < 1.29 is 28.7 Å². The zero-order valence-electron chi connectivity index (χ0n) is 31.6. The average molecular weight is 836 g/mol. The molecule has 10 nitrogen and oxygen atoms in total. The number of fused-ring (bicyclic) bond motifs is 2. The minimum absolute atomic E-state index is 0.311. The van der Waals surface area contributed by atoms with Gasteiger partial charge in [0.1, 0.15) is 0 Å². The molecule has 4 aromatic carbocycles. The maximum Gasteiger partial charge on any atom is 0.418 e. The summed E-state index contributed by atoms with van der Waals surface area (Å²) in [7, 11) is 7.79. The van der Waals surface area contributed by atoms with Crippen LogP contribution in [-0.4, -0.2) is 100 Å². The Morgan fingerprint density at radius 2 is 0.982 bits per heavy atom. The molecule has 294 valence electrons. The summed E-state index contributed by atoms with van der Waals surface area (Å²) in [5.74, 6) is -3.77. The number of benzene rings is 4. The van der Waals surface area contributed by atoms with Crippen molar-refractivity contribution in [2.45, 2.75) is 45.3 Å². The normalized spacial score (nSPS) is 19.6. The van der Waals surface area contributed by atoms with Crippen LogP contribution < -0.4 is 9.80 Å². The monoisotopic (exact) mass is 834 g/mol. The van der Waals surface area contributed by atoms with Gasteiger partial charge in [-0.25, -0.2) is 9.59 Å². The summed E-state index contributed by atoms with van der Waals surface area (Å²) >= 11 is 15.6. The molecule has 0 aromatic heterocycles. The van der Waals surface area contributed by atoms with E-state index in [1.54, 1.807) is 34.1 Å². The van der Waals surface area contributed by atoms with E-state index in [1.807, 2.05) is 111 Å². The number of carbonyl (C=O) groups excluding carboxylic acids is 4. The van der Waals surface area contributed by atoms with Crippen molar-refractivity contribution in [3.8, 4) is 0 Å². The topological polar surface area (TPSA) is 99.7 Å². The van der Waals surface area contributed by atoms with Gasteiger partial charge in [0.15, 0.2) is 12.2 Å². The molecule has 0 N–H and O–H groups in total. The Morgan fingerprint density at radius 1 is 0.607 bits per heavy atom. The molecule has 4 aromatic rings. The highest BCUT2D eigenvalue weighted by molar-refractivity contribution is 8.00. The van der Waals surface area contributed by atoms with Crippen LogP contribution in [0.3, 0.4) is 0 Å². The third-order valence-electron chi connectivity index (χ3n) is 9.37. The van der Waals surface area contributed by atoms with Crippen LogP contribution >= 0.6 is 46.7 Å². The van der Waals surface area contributed by atoms with Gasteiger partial charge in [-0.2, -0.15) is 0 Å². The molecule has 0 fully saturated rings.